The molecule has 1 amide bonds. The van der Waals surface area contributed by atoms with Crippen molar-refractivity contribution in [1.29, 1.82) is 0 Å². The van der Waals surface area contributed by atoms with Gasteiger partial charge in [0.25, 0.3) is 0 Å². The largest absolute Gasteiger partial charge is 0.416 e. The molecule has 6 heteroatoms. The molecule has 3 nitrogen and oxygen atoms in total. The van der Waals surface area contributed by atoms with Gasteiger partial charge in [0.15, 0.2) is 0 Å². The monoisotopic (exact) mass is 272 g/mol. The minimum Gasteiger partial charge on any atom is -0.340 e. The van der Waals surface area contributed by atoms with Crippen LogP contribution in [0.2, 0.25) is 0 Å². The number of nitrogens with one attached hydrogen (secondary N) is 1. The van der Waals surface area contributed by atoms with E-state index in [0.717, 1.165) is 17.7 Å². The van der Waals surface area contributed by atoms with Crippen molar-refractivity contribution >= 4 is 5.91 Å². The summed E-state index contributed by atoms with van der Waals surface area (Å²) in [6, 6.07) is 4.96. The van der Waals surface area contributed by atoms with E-state index in [9.17, 15) is 18.0 Å². The van der Waals surface area contributed by atoms with Crippen LogP contribution in [0.25, 0.3) is 0 Å². The third kappa shape index (κ3) is 3.26. The van der Waals surface area contributed by atoms with Crippen molar-refractivity contribution in [3.63, 3.8) is 0 Å². The molecule has 1 unspecified atom stereocenters. The Morgan fingerprint density at radius 3 is 2.47 bits per heavy atom. The number of hydrogen-bond acceptors (Lipinski definition) is 2. The number of halogens is 3. The molecule has 1 atom stereocenters. The lowest BCUT2D eigenvalue weighted by molar-refractivity contribution is -0.137. The van der Waals surface area contributed by atoms with Gasteiger partial charge in [0.05, 0.1) is 5.56 Å². The van der Waals surface area contributed by atoms with E-state index >= 15 is 0 Å². The molecule has 1 N–H and O–H groups in total. The second-order valence-corrected chi connectivity index (χ2v) is 4.59. The molecule has 1 saturated heterocycles. The molecule has 19 heavy (non-hydrogen) atoms. The highest BCUT2D eigenvalue weighted by molar-refractivity contribution is 5.73. The molecular formula is C13H15F3N2O. The number of benzene rings is 1. The third-order valence-corrected chi connectivity index (χ3v) is 3.26. The molecule has 0 bridgehead atoms. The van der Waals surface area contributed by atoms with E-state index in [1.165, 1.54) is 19.1 Å². The van der Waals surface area contributed by atoms with Crippen molar-refractivity contribution in [2.24, 2.45) is 0 Å². The van der Waals surface area contributed by atoms with E-state index in [-0.39, 0.29) is 11.9 Å². The lowest BCUT2D eigenvalue weighted by Crippen LogP contribution is -2.47. The van der Waals surface area contributed by atoms with Crippen LogP contribution in [-0.2, 0) is 11.0 Å². The summed E-state index contributed by atoms with van der Waals surface area (Å²) in [5.41, 5.74) is 0.106. The Morgan fingerprint density at radius 1 is 1.32 bits per heavy atom. The van der Waals surface area contributed by atoms with Crippen molar-refractivity contribution in [3.05, 3.63) is 35.4 Å². The molecule has 0 spiro atoms. The van der Waals surface area contributed by atoms with Gasteiger partial charge >= 0.3 is 6.18 Å². The molecule has 1 fully saturated rings. The van der Waals surface area contributed by atoms with E-state index in [1.54, 1.807) is 4.90 Å². The molecule has 2 rings (SSSR count). The van der Waals surface area contributed by atoms with Crippen LogP contribution in [0.1, 0.15) is 24.1 Å². The first-order valence-electron chi connectivity index (χ1n) is 6.04. The van der Waals surface area contributed by atoms with Crippen LogP contribution in [0.15, 0.2) is 24.3 Å². The minimum atomic E-state index is -4.32. The normalized spacial score (nSPS) is 20.4. The van der Waals surface area contributed by atoms with Gasteiger partial charge in [0, 0.05) is 32.6 Å². The van der Waals surface area contributed by atoms with Crippen molar-refractivity contribution in [3.8, 4) is 0 Å². The predicted octanol–water partition coefficient (Wildman–Crippen LogP) is 2.20. The Morgan fingerprint density at radius 2 is 1.95 bits per heavy atom. The van der Waals surface area contributed by atoms with Gasteiger partial charge in [-0.2, -0.15) is 13.2 Å². The van der Waals surface area contributed by atoms with Crippen molar-refractivity contribution in [2.75, 3.05) is 19.6 Å². The van der Waals surface area contributed by atoms with Crippen LogP contribution in [0.5, 0.6) is 0 Å². The molecule has 0 radical (unpaired) electrons. The second kappa shape index (κ2) is 5.21. The van der Waals surface area contributed by atoms with Crippen molar-refractivity contribution in [1.82, 2.24) is 10.2 Å². The maximum atomic E-state index is 12.5. The van der Waals surface area contributed by atoms with Crippen molar-refractivity contribution in [2.45, 2.75) is 19.1 Å². The number of hydrogen-bond donors (Lipinski definition) is 1. The zero-order valence-electron chi connectivity index (χ0n) is 10.5. The van der Waals surface area contributed by atoms with E-state index in [0.29, 0.717) is 19.6 Å². The Hall–Kier alpha value is -1.56. The summed E-state index contributed by atoms with van der Waals surface area (Å²) >= 11 is 0. The number of piperazine rings is 1. The lowest BCUT2D eigenvalue weighted by atomic mass is 10.0. The van der Waals surface area contributed by atoms with Crippen LogP contribution < -0.4 is 5.32 Å². The summed E-state index contributed by atoms with van der Waals surface area (Å²) in [6.45, 7) is 3.26. The average Bonchev–Trinajstić information content (AvgIpc) is 2.38. The summed E-state index contributed by atoms with van der Waals surface area (Å²) in [5, 5.41) is 3.20. The molecule has 1 aliphatic rings. The SMILES string of the molecule is CC(=O)N1CCNC(c2ccc(C(F)(F)F)cc2)C1. The van der Waals surface area contributed by atoms with Crippen LogP contribution in [0.3, 0.4) is 0 Å². The molecule has 1 aromatic rings. The van der Waals surface area contributed by atoms with Gasteiger partial charge in [-0.25, -0.2) is 0 Å². The zero-order chi connectivity index (χ0) is 14.0. The van der Waals surface area contributed by atoms with Gasteiger partial charge in [-0.05, 0) is 17.7 Å². The highest BCUT2D eigenvalue weighted by atomic mass is 19.4. The quantitative estimate of drug-likeness (QED) is 0.850. The highest BCUT2D eigenvalue weighted by Gasteiger charge is 2.30. The minimum absolute atomic E-state index is 0.0154. The molecule has 0 aliphatic carbocycles. The van der Waals surface area contributed by atoms with Gasteiger partial charge in [-0.3, -0.25) is 4.79 Å². The summed E-state index contributed by atoms with van der Waals surface area (Å²) in [6.07, 6.45) is -4.32. The molecule has 1 heterocycles. The number of nitrogens with zero attached hydrogens (tertiary/aromatic N) is 1. The molecule has 0 saturated carbocycles. The fraction of sp³-hybridized carbons (Fsp3) is 0.462. The first-order chi connectivity index (χ1) is 8.88. The fourth-order valence-electron chi connectivity index (χ4n) is 2.16. The van der Waals surface area contributed by atoms with E-state index in [4.69, 9.17) is 0 Å². The number of alkyl halides is 3. The number of rotatable bonds is 1. The van der Waals surface area contributed by atoms with Crippen LogP contribution in [-0.4, -0.2) is 30.4 Å². The smallest absolute Gasteiger partial charge is 0.340 e. The second-order valence-electron chi connectivity index (χ2n) is 4.59. The maximum Gasteiger partial charge on any atom is 0.416 e. The summed E-state index contributed by atoms with van der Waals surface area (Å²) < 4.78 is 37.4. The molecule has 1 aromatic carbocycles. The van der Waals surface area contributed by atoms with Gasteiger partial charge in [-0.1, -0.05) is 12.1 Å². The Labute approximate surface area is 109 Å². The van der Waals surface area contributed by atoms with E-state index in [1.807, 2.05) is 0 Å². The predicted molar refractivity (Wildman–Crippen MR) is 64.4 cm³/mol. The molecule has 0 aromatic heterocycles. The summed E-state index contributed by atoms with van der Waals surface area (Å²) in [4.78, 5) is 13.0. The zero-order valence-corrected chi connectivity index (χ0v) is 10.5. The van der Waals surface area contributed by atoms with E-state index in [2.05, 4.69) is 5.32 Å². The maximum absolute atomic E-state index is 12.5. The van der Waals surface area contributed by atoms with Gasteiger partial charge in [0.2, 0.25) is 5.91 Å². The Bertz CT molecular complexity index is 456. The summed E-state index contributed by atoms with van der Waals surface area (Å²) in [7, 11) is 0. The summed E-state index contributed by atoms with van der Waals surface area (Å²) in [5.74, 6) is -0.0154. The lowest BCUT2D eigenvalue weighted by Gasteiger charge is -2.33. The van der Waals surface area contributed by atoms with Crippen LogP contribution >= 0.6 is 0 Å². The number of carbonyl (C=O) groups is 1. The topological polar surface area (TPSA) is 32.3 Å². The number of carbonyl (C=O) groups excluding carboxylic acids is 1. The van der Waals surface area contributed by atoms with Crippen molar-refractivity contribution < 1.29 is 18.0 Å². The van der Waals surface area contributed by atoms with Crippen LogP contribution in [0, 0.1) is 0 Å². The standard InChI is InChI=1S/C13H15F3N2O/c1-9(19)18-7-6-17-12(8-18)10-2-4-11(5-3-10)13(14,15)16/h2-5,12,17H,6-8H2,1H3. The fourth-order valence-corrected chi connectivity index (χ4v) is 2.16. The van der Waals surface area contributed by atoms with Gasteiger partial charge in [0.1, 0.15) is 0 Å². The Kier molecular flexibility index (Phi) is 3.80. The first kappa shape index (κ1) is 13.9. The third-order valence-electron chi connectivity index (χ3n) is 3.26. The molecule has 1 aliphatic heterocycles. The molecular weight excluding hydrogens is 257 g/mol. The van der Waals surface area contributed by atoms with Gasteiger partial charge in [-0.15, -0.1) is 0 Å². The van der Waals surface area contributed by atoms with E-state index < -0.39 is 11.7 Å². The average molecular weight is 272 g/mol. The Balaban J connectivity index is 2.12. The van der Waals surface area contributed by atoms with Gasteiger partial charge < -0.3 is 10.2 Å². The number of amides is 1. The van der Waals surface area contributed by atoms with Crippen LogP contribution in [0.4, 0.5) is 13.2 Å². The molecule has 104 valence electrons. The highest BCUT2D eigenvalue weighted by Crippen LogP contribution is 2.30. The first-order valence-corrected chi connectivity index (χ1v) is 6.04.